The van der Waals surface area contributed by atoms with E-state index in [-0.39, 0.29) is 11.6 Å². The molecule has 6 nitrogen and oxygen atoms in total. The summed E-state index contributed by atoms with van der Waals surface area (Å²) >= 11 is 0. The third-order valence-electron chi connectivity index (χ3n) is 4.40. The summed E-state index contributed by atoms with van der Waals surface area (Å²) in [5.41, 5.74) is 4.15. The molecule has 0 saturated heterocycles. The lowest BCUT2D eigenvalue weighted by molar-refractivity contribution is 0.0600. The van der Waals surface area contributed by atoms with Gasteiger partial charge in [0.2, 0.25) is 0 Å². The number of amides is 1. The minimum Gasteiger partial charge on any atom is -0.465 e. The summed E-state index contributed by atoms with van der Waals surface area (Å²) < 4.78 is 4.69. The molecule has 0 saturated carbocycles. The second kappa shape index (κ2) is 9.01. The van der Waals surface area contributed by atoms with Gasteiger partial charge in [-0.3, -0.25) is 4.79 Å². The molecule has 0 radical (unpaired) electrons. The lowest BCUT2D eigenvalue weighted by Gasteiger charge is -2.14. The predicted molar refractivity (Wildman–Crippen MR) is 114 cm³/mol. The van der Waals surface area contributed by atoms with Crippen LogP contribution in [0.25, 0.3) is 0 Å². The van der Waals surface area contributed by atoms with Crippen molar-refractivity contribution >= 4 is 28.9 Å². The Morgan fingerprint density at radius 1 is 0.966 bits per heavy atom. The molecule has 0 unspecified atom stereocenters. The number of hydrogen-bond donors (Lipinski definition) is 2. The Morgan fingerprint density at radius 2 is 1.76 bits per heavy atom. The number of nitrogens with zero attached hydrogens (tertiary/aromatic N) is 1. The van der Waals surface area contributed by atoms with Crippen molar-refractivity contribution in [3.05, 3.63) is 83.7 Å². The second-order valence-electron chi connectivity index (χ2n) is 6.83. The first kappa shape index (κ1) is 20.1. The second-order valence-corrected chi connectivity index (χ2v) is 6.83. The van der Waals surface area contributed by atoms with Crippen molar-refractivity contribution in [3.63, 3.8) is 0 Å². The number of carbonyl (C=O) groups is 2. The minimum atomic E-state index is -0.462. The zero-order valence-corrected chi connectivity index (χ0v) is 16.6. The maximum Gasteiger partial charge on any atom is 0.337 e. The third kappa shape index (κ3) is 4.99. The van der Waals surface area contributed by atoms with Gasteiger partial charge in [-0.25, -0.2) is 9.78 Å². The highest BCUT2D eigenvalue weighted by Crippen LogP contribution is 2.26. The highest BCUT2D eigenvalue weighted by Gasteiger charge is 2.11. The monoisotopic (exact) mass is 389 g/mol. The van der Waals surface area contributed by atoms with Crippen LogP contribution in [0.5, 0.6) is 0 Å². The number of pyridine rings is 1. The maximum absolute atomic E-state index is 12.5. The minimum absolute atomic E-state index is 0.274. The molecule has 2 N–H and O–H groups in total. The standard InChI is InChI=1S/C23H23N3O3/c1-15(2)19-9-4-5-10-20(19)25-18-11-12-21(24-14-18)22(27)26-17-8-6-7-16(13-17)23(28)29-3/h4-15,25H,1-3H3,(H,26,27). The van der Waals surface area contributed by atoms with Gasteiger partial charge in [0.1, 0.15) is 5.69 Å². The Morgan fingerprint density at radius 3 is 2.45 bits per heavy atom. The van der Waals surface area contributed by atoms with Crippen LogP contribution in [0, 0.1) is 0 Å². The molecule has 1 amide bonds. The zero-order chi connectivity index (χ0) is 20.8. The van der Waals surface area contributed by atoms with Crippen LogP contribution < -0.4 is 10.6 Å². The summed E-state index contributed by atoms with van der Waals surface area (Å²) in [5, 5.41) is 6.09. The van der Waals surface area contributed by atoms with Crippen molar-refractivity contribution in [1.82, 2.24) is 4.98 Å². The van der Waals surface area contributed by atoms with Crippen molar-refractivity contribution in [2.45, 2.75) is 19.8 Å². The van der Waals surface area contributed by atoms with Gasteiger partial charge < -0.3 is 15.4 Å². The lowest BCUT2D eigenvalue weighted by atomic mass is 10.0. The molecule has 0 fully saturated rings. The normalized spacial score (nSPS) is 10.5. The largest absolute Gasteiger partial charge is 0.465 e. The first-order valence-corrected chi connectivity index (χ1v) is 9.29. The van der Waals surface area contributed by atoms with Crippen molar-refractivity contribution in [1.29, 1.82) is 0 Å². The average molecular weight is 389 g/mol. The number of esters is 1. The van der Waals surface area contributed by atoms with Crippen LogP contribution in [0.15, 0.2) is 66.9 Å². The van der Waals surface area contributed by atoms with E-state index in [1.165, 1.54) is 12.7 Å². The van der Waals surface area contributed by atoms with Crippen LogP contribution in [-0.2, 0) is 4.74 Å². The van der Waals surface area contributed by atoms with E-state index in [2.05, 4.69) is 35.5 Å². The van der Waals surface area contributed by atoms with E-state index in [0.717, 1.165) is 11.4 Å². The van der Waals surface area contributed by atoms with Gasteiger partial charge >= 0.3 is 5.97 Å². The quantitative estimate of drug-likeness (QED) is 0.581. The molecule has 1 heterocycles. The van der Waals surface area contributed by atoms with Crippen molar-refractivity contribution in [2.24, 2.45) is 0 Å². The molecule has 3 rings (SSSR count). The summed E-state index contributed by atoms with van der Waals surface area (Å²) in [6.07, 6.45) is 1.62. The van der Waals surface area contributed by atoms with E-state index >= 15 is 0 Å². The number of carbonyl (C=O) groups excluding carboxylic acids is 2. The summed E-state index contributed by atoms with van der Waals surface area (Å²) in [6.45, 7) is 4.28. The Balaban J connectivity index is 1.70. The number of hydrogen-bond acceptors (Lipinski definition) is 5. The number of methoxy groups -OCH3 is 1. The summed E-state index contributed by atoms with van der Waals surface area (Å²) in [6, 6.07) is 18.1. The number of nitrogens with one attached hydrogen (secondary N) is 2. The van der Waals surface area contributed by atoms with Crippen LogP contribution in [0.3, 0.4) is 0 Å². The summed E-state index contributed by atoms with van der Waals surface area (Å²) in [4.78, 5) is 28.3. The van der Waals surface area contributed by atoms with E-state index in [4.69, 9.17) is 4.74 Å². The first-order chi connectivity index (χ1) is 14.0. The topological polar surface area (TPSA) is 80.3 Å². The van der Waals surface area contributed by atoms with Gasteiger partial charge in [0, 0.05) is 11.4 Å². The molecule has 6 heteroatoms. The SMILES string of the molecule is COC(=O)c1cccc(NC(=O)c2ccc(Nc3ccccc3C(C)C)cn2)c1. The van der Waals surface area contributed by atoms with Gasteiger partial charge in [-0.1, -0.05) is 38.1 Å². The fourth-order valence-corrected chi connectivity index (χ4v) is 2.91. The van der Waals surface area contributed by atoms with Crippen LogP contribution >= 0.6 is 0 Å². The molecular formula is C23H23N3O3. The molecule has 2 aromatic carbocycles. The van der Waals surface area contributed by atoms with Gasteiger partial charge in [-0.2, -0.15) is 0 Å². The van der Waals surface area contributed by atoms with Crippen LogP contribution in [0.2, 0.25) is 0 Å². The van der Waals surface area contributed by atoms with E-state index < -0.39 is 5.97 Å². The molecule has 3 aromatic rings. The van der Waals surface area contributed by atoms with Crippen LogP contribution in [-0.4, -0.2) is 24.0 Å². The van der Waals surface area contributed by atoms with Gasteiger partial charge in [0.05, 0.1) is 24.6 Å². The number of benzene rings is 2. The molecule has 148 valence electrons. The fraction of sp³-hybridized carbons (Fsp3) is 0.174. The number of rotatable bonds is 6. The van der Waals surface area contributed by atoms with Crippen molar-refractivity contribution in [3.8, 4) is 0 Å². The summed E-state index contributed by atoms with van der Waals surface area (Å²) in [7, 11) is 1.31. The van der Waals surface area contributed by atoms with E-state index in [0.29, 0.717) is 17.2 Å². The smallest absolute Gasteiger partial charge is 0.337 e. The van der Waals surface area contributed by atoms with Crippen molar-refractivity contribution in [2.75, 3.05) is 17.7 Å². The molecule has 29 heavy (non-hydrogen) atoms. The van der Waals surface area contributed by atoms with Gasteiger partial charge in [0.25, 0.3) is 5.91 Å². The average Bonchev–Trinajstić information content (AvgIpc) is 2.74. The van der Waals surface area contributed by atoms with E-state index in [1.54, 1.807) is 36.5 Å². The Labute approximate surface area is 169 Å². The van der Waals surface area contributed by atoms with Gasteiger partial charge in [-0.05, 0) is 47.9 Å². The third-order valence-corrected chi connectivity index (χ3v) is 4.40. The van der Waals surface area contributed by atoms with Gasteiger partial charge in [-0.15, -0.1) is 0 Å². The Bertz CT molecular complexity index is 1010. The highest BCUT2D eigenvalue weighted by atomic mass is 16.5. The molecule has 0 atom stereocenters. The molecule has 0 spiro atoms. The number of anilines is 3. The molecule has 0 bridgehead atoms. The van der Waals surface area contributed by atoms with E-state index in [1.807, 2.05) is 24.3 Å². The van der Waals surface area contributed by atoms with Crippen LogP contribution in [0.4, 0.5) is 17.1 Å². The molecule has 0 aliphatic rings. The Hall–Kier alpha value is -3.67. The van der Waals surface area contributed by atoms with E-state index in [9.17, 15) is 9.59 Å². The fourth-order valence-electron chi connectivity index (χ4n) is 2.91. The maximum atomic E-state index is 12.5. The number of aromatic nitrogens is 1. The number of ether oxygens (including phenoxy) is 1. The molecular weight excluding hydrogens is 366 g/mol. The van der Waals surface area contributed by atoms with Crippen LogP contribution in [0.1, 0.15) is 46.2 Å². The predicted octanol–water partition coefficient (Wildman–Crippen LogP) is 4.99. The number of para-hydroxylation sites is 1. The molecule has 0 aliphatic heterocycles. The summed E-state index contributed by atoms with van der Waals surface area (Å²) in [5.74, 6) is -0.435. The lowest BCUT2D eigenvalue weighted by Crippen LogP contribution is -2.14. The van der Waals surface area contributed by atoms with Crippen molar-refractivity contribution < 1.29 is 14.3 Å². The van der Waals surface area contributed by atoms with Gasteiger partial charge in [0.15, 0.2) is 0 Å². The zero-order valence-electron chi connectivity index (χ0n) is 16.6. The first-order valence-electron chi connectivity index (χ1n) is 9.29. The Kier molecular flexibility index (Phi) is 6.24. The highest BCUT2D eigenvalue weighted by molar-refractivity contribution is 6.03. The molecule has 0 aliphatic carbocycles. The molecule has 1 aromatic heterocycles.